The number of morpholine rings is 1. The van der Waals surface area contributed by atoms with Crippen molar-refractivity contribution in [3.05, 3.63) is 71.2 Å². The van der Waals surface area contributed by atoms with Crippen LogP contribution in [0.5, 0.6) is 0 Å². The molecule has 3 aromatic heterocycles. The number of hydrogen-bond acceptors (Lipinski definition) is 5. The van der Waals surface area contributed by atoms with Crippen LogP contribution in [0.25, 0.3) is 11.9 Å². The van der Waals surface area contributed by atoms with Gasteiger partial charge in [-0.3, -0.25) is 4.68 Å². The Morgan fingerprint density at radius 1 is 1.13 bits per heavy atom. The fourth-order valence-corrected chi connectivity index (χ4v) is 3.71. The number of hydrogen-bond donors (Lipinski definition) is 0. The molecule has 1 aliphatic rings. The summed E-state index contributed by atoms with van der Waals surface area (Å²) in [7, 11) is 0. The van der Waals surface area contributed by atoms with Crippen molar-refractivity contribution in [3.8, 4) is 0 Å². The van der Waals surface area contributed by atoms with E-state index in [2.05, 4.69) is 20.0 Å². The van der Waals surface area contributed by atoms with Gasteiger partial charge >= 0.3 is 0 Å². The zero-order valence-corrected chi connectivity index (χ0v) is 17.8. The summed E-state index contributed by atoms with van der Waals surface area (Å²) in [6, 6.07) is 8.36. The summed E-state index contributed by atoms with van der Waals surface area (Å²) in [5.74, 6) is -0.122. The van der Waals surface area contributed by atoms with Crippen molar-refractivity contribution in [1.82, 2.24) is 19.7 Å². The molecule has 8 heteroatoms. The highest BCUT2D eigenvalue weighted by Crippen LogP contribution is 2.22. The van der Waals surface area contributed by atoms with E-state index in [9.17, 15) is 8.78 Å². The molecule has 0 spiro atoms. The molecule has 3 aromatic rings. The van der Waals surface area contributed by atoms with E-state index >= 15 is 0 Å². The van der Waals surface area contributed by atoms with E-state index in [1.165, 1.54) is 18.3 Å². The topological polar surface area (TPSA) is 56.1 Å². The molecule has 0 aliphatic carbocycles. The Kier molecular flexibility index (Phi) is 6.08. The second-order valence-electron chi connectivity index (χ2n) is 7.92. The number of aromatic nitrogens is 4. The predicted octanol–water partition coefficient (Wildman–Crippen LogP) is 4.25. The highest BCUT2D eigenvalue weighted by Gasteiger charge is 2.23. The number of nitrogens with zero attached hydrogens (tertiary/aromatic N) is 5. The molecule has 4 heterocycles. The van der Waals surface area contributed by atoms with Crippen molar-refractivity contribution < 1.29 is 13.5 Å². The van der Waals surface area contributed by atoms with Crippen molar-refractivity contribution in [2.75, 3.05) is 18.0 Å². The van der Waals surface area contributed by atoms with Gasteiger partial charge in [0.05, 0.1) is 18.8 Å². The van der Waals surface area contributed by atoms with E-state index in [0.29, 0.717) is 12.1 Å². The van der Waals surface area contributed by atoms with Crippen molar-refractivity contribution in [1.29, 1.82) is 0 Å². The number of halogens is 2. The first-order valence-electron chi connectivity index (χ1n) is 10.3. The third-order valence-corrected chi connectivity index (χ3v) is 5.15. The van der Waals surface area contributed by atoms with Crippen molar-refractivity contribution in [3.63, 3.8) is 0 Å². The maximum absolute atomic E-state index is 14.8. The zero-order chi connectivity index (χ0) is 22.0. The summed E-state index contributed by atoms with van der Waals surface area (Å²) in [4.78, 5) is 10.3. The largest absolute Gasteiger partial charge is 0.372 e. The summed E-state index contributed by atoms with van der Waals surface area (Å²) in [6.07, 6.45) is 4.82. The minimum Gasteiger partial charge on any atom is -0.372 e. The number of aryl methyl sites for hydroxylation is 1. The molecule has 2 atom stereocenters. The molecule has 1 aliphatic heterocycles. The average Bonchev–Trinajstić information content (AvgIpc) is 3.10. The first kappa shape index (κ1) is 21.1. The zero-order valence-electron chi connectivity index (χ0n) is 17.8. The molecule has 4 rings (SSSR count). The van der Waals surface area contributed by atoms with E-state index in [1.807, 2.05) is 32.9 Å². The fraction of sp³-hybridized carbons (Fsp3) is 0.348. The molecule has 31 heavy (non-hydrogen) atoms. The molecule has 1 fully saturated rings. The van der Waals surface area contributed by atoms with E-state index in [1.54, 1.807) is 23.0 Å². The molecular weight excluding hydrogens is 400 g/mol. The van der Waals surface area contributed by atoms with Crippen LogP contribution in [0.1, 0.15) is 36.4 Å². The molecule has 1 saturated heterocycles. The quantitative estimate of drug-likeness (QED) is 0.572. The Morgan fingerprint density at radius 2 is 1.90 bits per heavy atom. The van der Waals surface area contributed by atoms with Crippen LogP contribution in [0.15, 0.2) is 42.7 Å². The number of ether oxygens (including phenoxy) is 1. The number of anilines is 1. The van der Waals surface area contributed by atoms with Gasteiger partial charge in [-0.15, -0.1) is 0 Å². The Hall–Kier alpha value is -3.13. The molecular formula is C23H25F2N5O. The van der Waals surface area contributed by atoms with Gasteiger partial charge in [0.1, 0.15) is 11.5 Å². The van der Waals surface area contributed by atoms with Gasteiger partial charge in [0.2, 0.25) is 5.95 Å². The van der Waals surface area contributed by atoms with Crippen LogP contribution in [0.3, 0.4) is 0 Å². The Balaban J connectivity index is 1.47. The lowest BCUT2D eigenvalue weighted by atomic mass is 10.2. The maximum atomic E-state index is 14.8. The monoisotopic (exact) mass is 425 g/mol. The van der Waals surface area contributed by atoms with Gasteiger partial charge < -0.3 is 9.64 Å². The summed E-state index contributed by atoms with van der Waals surface area (Å²) in [5.41, 5.74) is 2.49. The SMILES string of the molecule is Cc1cc(C(F)=Cc2ccc(N3CC(C)OC(C)C3)nc2)nn1Cc1ccc(F)nc1. The summed E-state index contributed by atoms with van der Waals surface area (Å²) in [5, 5.41) is 4.34. The normalized spacial score (nSPS) is 19.6. The average molecular weight is 425 g/mol. The van der Waals surface area contributed by atoms with Crippen molar-refractivity contribution in [2.24, 2.45) is 0 Å². The van der Waals surface area contributed by atoms with Gasteiger partial charge in [-0.25, -0.2) is 14.4 Å². The van der Waals surface area contributed by atoms with Gasteiger partial charge in [-0.1, -0.05) is 6.07 Å². The molecule has 162 valence electrons. The predicted molar refractivity (Wildman–Crippen MR) is 116 cm³/mol. The van der Waals surface area contributed by atoms with Crippen LogP contribution in [0, 0.1) is 12.9 Å². The molecule has 0 radical (unpaired) electrons. The summed E-state index contributed by atoms with van der Waals surface area (Å²) >= 11 is 0. The maximum Gasteiger partial charge on any atom is 0.212 e. The van der Waals surface area contributed by atoms with Crippen LogP contribution in [-0.2, 0) is 11.3 Å². The minimum absolute atomic E-state index is 0.145. The summed E-state index contributed by atoms with van der Waals surface area (Å²) in [6.45, 7) is 7.88. The highest BCUT2D eigenvalue weighted by atomic mass is 19.1. The Labute approximate surface area is 180 Å². The van der Waals surface area contributed by atoms with Gasteiger partial charge in [0, 0.05) is 31.2 Å². The first-order valence-corrected chi connectivity index (χ1v) is 10.3. The smallest absolute Gasteiger partial charge is 0.212 e. The molecule has 0 N–H and O–H groups in total. The van der Waals surface area contributed by atoms with Gasteiger partial charge in [-0.2, -0.15) is 9.49 Å². The fourth-order valence-electron chi connectivity index (χ4n) is 3.71. The van der Waals surface area contributed by atoms with E-state index in [-0.39, 0.29) is 17.9 Å². The number of rotatable bonds is 5. The van der Waals surface area contributed by atoms with Crippen molar-refractivity contribution in [2.45, 2.75) is 39.5 Å². The molecule has 0 saturated carbocycles. The van der Waals surface area contributed by atoms with Crippen molar-refractivity contribution >= 4 is 17.7 Å². The third-order valence-electron chi connectivity index (χ3n) is 5.15. The van der Waals surface area contributed by atoms with E-state index in [0.717, 1.165) is 30.2 Å². The lowest BCUT2D eigenvalue weighted by Gasteiger charge is -2.36. The van der Waals surface area contributed by atoms with Gasteiger partial charge in [-0.05, 0) is 62.2 Å². The summed E-state index contributed by atoms with van der Waals surface area (Å²) < 4.78 is 35.2. The Morgan fingerprint density at radius 3 is 2.55 bits per heavy atom. The van der Waals surface area contributed by atoms with E-state index in [4.69, 9.17) is 4.74 Å². The first-order chi connectivity index (χ1) is 14.9. The van der Waals surface area contributed by atoms with Crippen LogP contribution in [0.2, 0.25) is 0 Å². The standard InChI is InChI=1S/C23H25F2N5O/c1-15-8-21(28-30(15)14-19-4-6-22(25)26-11-19)20(24)9-18-5-7-23(27-10-18)29-12-16(2)31-17(3)13-29/h4-11,16-17H,12-14H2,1-3H3. The molecule has 6 nitrogen and oxygen atoms in total. The van der Waals surface area contributed by atoms with Crippen LogP contribution in [0.4, 0.5) is 14.6 Å². The van der Waals surface area contributed by atoms with Crippen LogP contribution in [-0.4, -0.2) is 45.0 Å². The van der Waals surface area contributed by atoms with Crippen LogP contribution >= 0.6 is 0 Å². The lowest BCUT2D eigenvalue weighted by molar-refractivity contribution is -0.00545. The van der Waals surface area contributed by atoms with Gasteiger partial charge in [0.15, 0.2) is 5.83 Å². The van der Waals surface area contributed by atoms with Gasteiger partial charge in [0.25, 0.3) is 0 Å². The second-order valence-corrected chi connectivity index (χ2v) is 7.92. The minimum atomic E-state index is -0.534. The molecule has 0 aromatic carbocycles. The molecule has 0 amide bonds. The van der Waals surface area contributed by atoms with E-state index < -0.39 is 11.8 Å². The third kappa shape index (κ3) is 5.14. The number of pyridine rings is 2. The molecule has 0 bridgehead atoms. The Bertz CT molecular complexity index is 1050. The highest BCUT2D eigenvalue weighted by molar-refractivity contribution is 5.75. The lowest BCUT2D eigenvalue weighted by Crippen LogP contribution is -2.45. The van der Waals surface area contributed by atoms with Crippen LogP contribution < -0.4 is 4.90 Å². The molecule has 2 unspecified atom stereocenters. The second kappa shape index (κ2) is 8.93.